The number of carbonyl (C=O) groups is 1. The van der Waals surface area contributed by atoms with Crippen molar-refractivity contribution in [3.63, 3.8) is 0 Å². The van der Waals surface area contributed by atoms with Crippen molar-refractivity contribution >= 4 is 23.7 Å². The number of hydrogen-bond donors (Lipinski definition) is 2. The van der Waals surface area contributed by atoms with E-state index < -0.39 is 5.97 Å². The van der Waals surface area contributed by atoms with Gasteiger partial charge in [-0.2, -0.15) is 0 Å². The smallest absolute Gasteiger partial charge is 0.354 e. The van der Waals surface area contributed by atoms with Gasteiger partial charge in [0.05, 0.1) is 6.10 Å². The average Bonchev–Trinajstić information content (AvgIpc) is 3.10. The fraction of sp³-hybridized carbons (Fsp3) is 0.273. The van der Waals surface area contributed by atoms with Crippen molar-refractivity contribution in [2.75, 3.05) is 0 Å². The molecule has 1 fully saturated rings. The van der Waals surface area contributed by atoms with Gasteiger partial charge >= 0.3 is 5.97 Å². The molecule has 1 aliphatic carbocycles. The molecular weight excluding hydrogens is 226 g/mol. The number of aliphatic carboxylic acids is 1. The summed E-state index contributed by atoms with van der Waals surface area (Å²) in [5, 5.41) is 15.9. The Kier molecular flexibility index (Phi) is 3.26. The molecule has 0 saturated heterocycles. The van der Waals surface area contributed by atoms with Crippen molar-refractivity contribution in [2.45, 2.75) is 23.8 Å². The van der Waals surface area contributed by atoms with Crippen LogP contribution in [0.25, 0.3) is 0 Å². The normalized spacial score (nSPS) is 14.8. The van der Waals surface area contributed by atoms with Gasteiger partial charge in [-0.15, -0.1) is 0 Å². The van der Waals surface area contributed by atoms with Crippen LogP contribution in [-0.4, -0.2) is 22.9 Å². The molecule has 0 unspecified atom stereocenters. The molecule has 0 heterocycles. The standard InChI is InChI=1S/C11H11NO3S/c12-10(11(13)14)7-1-5-9(6-2-7)16-15-8-3-4-8/h1-2,5-6,8,12H,3-4H2,(H,13,14). The van der Waals surface area contributed by atoms with E-state index in [2.05, 4.69) is 0 Å². The zero-order chi connectivity index (χ0) is 11.5. The van der Waals surface area contributed by atoms with Gasteiger partial charge in [-0.25, -0.2) is 4.79 Å². The van der Waals surface area contributed by atoms with E-state index in [1.165, 1.54) is 12.0 Å². The number of benzene rings is 1. The molecule has 2 rings (SSSR count). The second-order valence-corrected chi connectivity index (χ2v) is 4.41. The molecule has 1 aromatic carbocycles. The summed E-state index contributed by atoms with van der Waals surface area (Å²) in [5.41, 5.74) is 0.0166. The first kappa shape index (κ1) is 11.2. The number of rotatable bonds is 5. The van der Waals surface area contributed by atoms with Gasteiger partial charge in [0.15, 0.2) is 0 Å². The lowest BCUT2D eigenvalue weighted by Crippen LogP contribution is -2.12. The maximum atomic E-state index is 10.6. The van der Waals surface area contributed by atoms with Crippen LogP contribution in [0, 0.1) is 5.41 Å². The van der Waals surface area contributed by atoms with Crippen molar-refractivity contribution < 1.29 is 14.1 Å². The molecule has 0 bridgehead atoms. The monoisotopic (exact) mass is 237 g/mol. The van der Waals surface area contributed by atoms with Crippen LogP contribution in [0.15, 0.2) is 29.2 Å². The van der Waals surface area contributed by atoms with Crippen molar-refractivity contribution in [1.82, 2.24) is 0 Å². The molecule has 16 heavy (non-hydrogen) atoms. The molecular formula is C11H11NO3S. The summed E-state index contributed by atoms with van der Waals surface area (Å²) in [6.07, 6.45) is 2.62. The summed E-state index contributed by atoms with van der Waals surface area (Å²) in [7, 11) is 0. The maximum Gasteiger partial charge on any atom is 0.354 e. The van der Waals surface area contributed by atoms with Crippen molar-refractivity contribution in [3.05, 3.63) is 29.8 Å². The van der Waals surface area contributed by atoms with E-state index in [9.17, 15) is 4.79 Å². The predicted molar refractivity (Wildman–Crippen MR) is 60.9 cm³/mol. The zero-order valence-corrected chi connectivity index (χ0v) is 9.29. The quantitative estimate of drug-likeness (QED) is 0.609. The third-order valence-electron chi connectivity index (χ3n) is 2.16. The van der Waals surface area contributed by atoms with Crippen LogP contribution in [0.5, 0.6) is 0 Å². The summed E-state index contributed by atoms with van der Waals surface area (Å²) in [4.78, 5) is 11.5. The second kappa shape index (κ2) is 4.67. The summed E-state index contributed by atoms with van der Waals surface area (Å²) >= 11 is 1.30. The van der Waals surface area contributed by atoms with E-state index >= 15 is 0 Å². The Morgan fingerprint density at radius 1 is 1.38 bits per heavy atom. The van der Waals surface area contributed by atoms with Gasteiger partial charge in [-0.3, -0.25) is 5.41 Å². The molecule has 0 spiro atoms. The van der Waals surface area contributed by atoms with Crippen LogP contribution in [-0.2, 0) is 8.98 Å². The maximum absolute atomic E-state index is 10.6. The van der Waals surface area contributed by atoms with Crippen molar-refractivity contribution in [2.24, 2.45) is 0 Å². The van der Waals surface area contributed by atoms with Crippen molar-refractivity contribution in [1.29, 1.82) is 5.41 Å². The third-order valence-corrected chi connectivity index (χ3v) is 2.99. The Morgan fingerprint density at radius 2 is 2.00 bits per heavy atom. The highest BCUT2D eigenvalue weighted by Crippen LogP contribution is 2.31. The Bertz CT molecular complexity index is 412. The minimum absolute atomic E-state index is 0.377. The number of nitrogens with one attached hydrogen (secondary N) is 1. The predicted octanol–water partition coefficient (Wildman–Crippen LogP) is 2.33. The molecule has 4 nitrogen and oxygen atoms in total. The van der Waals surface area contributed by atoms with Gasteiger partial charge < -0.3 is 9.29 Å². The lowest BCUT2D eigenvalue weighted by atomic mass is 10.1. The Morgan fingerprint density at radius 3 is 2.50 bits per heavy atom. The molecule has 84 valence electrons. The lowest BCUT2D eigenvalue weighted by molar-refractivity contribution is -0.129. The summed E-state index contributed by atoms with van der Waals surface area (Å²) < 4.78 is 5.43. The molecule has 1 aliphatic rings. The summed E-state index contributed by atoms with van der Waals surface area (Å²) in [5.74, 6) is -1.21. The topological polar surface area (TPSA) is 70.4 Å². The molecule has 0 aliphatic heterocycles. The minimum Gasteiger partial charge on any atom is -0.477 e. The van der Waals surface area contributed by atoms with Gasteiger partial charge in [-0.05, 0) is 25.0 Å². The SMILES string of the molecule is N=C(C(=O)O)c1ccc(SOC2CC2)cc1. The third kappa shape index (κ3) is 2.84. The highest BCUT2D eigenvalue weighted by molar-refractivity contribution is 7.94. The highest BCUT2D eigenvalue weighted by Gasteiger charge is 2.22. The lowest BCUT2D eigenvalue weighted by Gasteiger charge is -2.02. The summed E-state index contributed by atoms with van der Waals surface area (Å²) in [6, 6.07) is 6.77. The molecule has 0 aromatic heterocycles. The van der Waals surface area contributed by atoms with E-state index in [1.54, 1.807) is 24.3 Å². The molecule has 0 atom stereocenters. The van der Waals surface area contributed by atoms with Gasteiger partial charge in [0.2, 0.25) is 0 Å². The molecule has 0 amide bonds. The van der Waals surface area contributed by atoms with E-state index in [1.807, 2.05) is 0 Å². The van der Waals surface area contributed by atoms with Gasteiger partial charge in [0.1, 0.15) is 5.71 Å². The molecule has 0 radical (unpaired) electrons. The van der Waals surface area contributed by atoms with Crippen LogP contribution in [0.2, 0.25) is 0 Å². The van der Waals surface area contributed by atoms with E-state index in [4.69, 9.17) is 14.7 Å². The fourth-order valence-electron chi connectivity index (χ4n) is 1.09. The minimum atomic E-state index is -1.21. The van der Waals surface area contributed by atoms with Crippen LogP contribution in [0.1, 0.15) is 18.4 Å². The Labute approximate surface area is 97.3 Å². The van der Waals surface area contributed by atoms with E-state index in [-0.39, 0.29) is 5.71 Å². The first-order chi connectivity index (χ1) is 7.66. The number of hydrogen-bond acceptors (Lipinski definition) is 4. The van der Waals surface area contributed by atoms with Gasteiger partial charge in [-0.1, -0.05) is 12.1 Å². The first-order valence-electron chi connectivity index (χ1n) is 4.92. The summed E-state index contributed by atoms with van der Waals surface area (Å²) in [6.45, 7) is 0. The fourth-order valence-corrected chi connectivity index (χ4v) is 1.78. The molecule has 1 aromatic rings. The largest absolute Gasteiger partial charge is 0.477 e. The number of carboxylic acid groups (broad SMARTS) is 1. The van der Waals surface area contributed by atoms with Crippen molar-refractivity contribution in [3.8, 4) is 0 Å². The van der Waals surface area contributed by atoms with Crippen LogP contribution in [0.4, 0.5) is 0 Å². The zero-order valence-electron chi connectivity index (χ0n) is 8.47. The Balaban J connectivity index is 1.97. The van der Waals surface area contributed by atoms with E-state index in [0.29, 0.717) is 11.7 Å². The second-order valence-electron chi connectivity index (χ2n) is 3.58. The van der Waals surface area contributed by atoms with Gasteiger partial charge in [0, 0.05) is 22.5 Å². The van der Waals surface area contributed by atoms with Crippen LogP contribution < -0.4 is 0 Å². The molecule has 5 heteroatoms. The highest BCUT2D eigenvalue weighted by atomic mass is 32.2. The molecule has 2 N–H and O–H groups in total. The van der Waals surface area contributed by atoms with Crippen LogP contribution >= 0.6 is 12.0 Å². The van der Waals surface area contributed by atoms with Gasteiger partial charge in [0.25, 0.3) is 0 Å². The molecule has 1 saturated carbocycles. The van der Waals surface area contributed by atoms with E-state index in [0.717, 1.165) is 17.7 Å². The Hall–Kier alpha value is -1.33. The number of carboxylic acids is 1. The van der Waals surface area contributed by atoms with Crippen LogP contribution in [0.3, 0.4) is 0 Å². The first-order valence-corrected chi connectivity index (χ1v) is 5.66. The average molecular weight is 237 g/mol.